The van der Waals surface area contributed by atoms with Gasteiger partial charge in [0.25, 0.3) is 0 Å². The molecular formula is C14H29NO. The van der Waals surface area contributed by atoms with Gasteiger partial charge in [0.1, 0.15) is 0 Å². The molecule has 0 amide bonds. The highest BCUT2D eigenvalue weighted by molar-refractivity contribution is 4.87. The molecule has 0 aromatic rings. The molecule has 1 heterocycles. The van der Waals surface area contributed by atoms with E-state index in [1.54, 1.807) is 0 Å². The van der Waals surface area contributed by atoms with Gasteiger partial charge in [0, 0.05) is 13.7 Å². The summed E-state index contributed by atoms with van der Waals surface area (Å²) in [6.45, 7) is 11.5. The second kappa shape index (κ2) is 6.61. The number of methoxy groups -OCH3 is 1. The smallest absolute Gasteiger partial charge is 0.0726 e. The minimum Gasteiger partial charge on any atom is -0.380 e. The van der Waals surface area contributed by atoms with E-state index in [0.717, 1.165) is 30.2 Å². The summed E-state index contributed by atoms with van der Waals surface area (Å²) in [6.07, 6.45) is 3.06. The van der Waals surface area contributed by atoms with Crippen LogP contribution in [0, 0.1) is 23.7 Å². The molecule has 3 unspecified atom stereocenters. The topological polar surface area (TPSA) is 21.3 Å². The van der Waals surface area contributed by atoms with E-state index in [1.165, 1.54) is 19.4 Å². The minimum absolute atomic E-state index is 0.417. The van der Waals surface area contributed by atoms with Crippen molar-refractivity contribution in [2.75, 3.05) is 20.2 Å². The van der Waals surface area contributed by atoms with E-state index >= 15 is 0 Å². The van der Waals surface area contributed by atoms with Crippen LogP contribution in [0.2, 0.25) is 0 Å². The van der Waals surface area contributed by atoms with Crippen molar-refractivity contribution in [2.45, 2.75) is 46.6 Å². The first kappa shape index (κ1) is 14.0. The number of nitrogens with one attached hydrogen (secondary N) is 1. The maximum absolute atomic E-state index is 5.65. The lowest BCUT2D eigenvalue weighted by Gasteiger charge is -2.40. The normalized spacial score (nSPS) is 31.3. The van der Waals surface area contributed by atoms with Crippen LogP contribution in [0.25, 0.3) is 0 Å². The monoisotopic (exact) mass is 227 g/mol. The SMILES string of the molecule is COC1CNCC(C(C)C)C1CCC(C)C. The Labute approximate surface area is 101 Å². The first-order valence-corrected chi connectivity index (χ1v) is 6.79. The Morgan fingerprint density at radius 1 is 1.19 bits per heavy atom. The molecule has 1 aliphatic heterocycles. The van der Waals surface area contributed by atoms with E-state index < -0.39 is 0 Å². The van der Waals surface area contributed by atoms with Crippen molar-refractivity contribution in [1.82, 2.24) is 5.32 Å². The summed E-state index contributed by atoms with van der Waals surface area (Å²) in [5.41, 5.74) is 0. The van der Waals surface area contributed by atoms with Crippen molar-refractivity contribution in [3.05, 3.63) is 0 Å². The van der Waals surface area contributed by atoms with Gasteiger partial charge in [-0.1, -0.05) is 34.1 Å². The second-order valence-corrected chi connectivity index (χ2v) is 5.98. The molecule has 0 bridgehead atoms. The molecule has 96 valence electrons. The van der Waals surface area contributed by atoms with Crippen LogP contribution in [0.3, 0.4) is 0 Å². The highest BCUT2D eigenvalue weighted by Gasteiger charge is 2.34. The first-order chi connectivity index (χ1) is 7.56. The maximum atomic E-state index is 5.65. The molecule has 2 heteroatoms. The molecule has 1 aliphatic rings. The van der Waals surface area contributed by atoms with E-state index in [2.05, 4.69) is 33.0 Å². The lowest BCUT2D eigenvalue weighted by atomic mass is 9.74. The summed E-state index contributed by atoms with van der Waals surface area (Å²) in [4.78, 5) is 0. The van der Waals surface area contributed by atoms with Crippen LogP contribution in [-0.4, -0.2) is 26.3 Å². The van der Waals surface area contributed by atoms with Crippen molar-refractivity contribution in [3.8, 4) is 0 Å². The fourth-order valence-corrected chi connectivity index (χ4v) is 2.88. The quantitative estimate of drug-likeness (QED) is 0.780. The Morgan fingerprint density at radius 3 is 2.38 bits per heavy atom. The van der Waals surface area contributed by atoms with Crippen molar-refractivity contribution >= 4 is 0 Å². The zero-order chi connectivity index (χ0) is 12.1. The molecule has 1 rings (SSSR count). The molecule has 0 aliphatic carbocycles. The lowest BCUT2D eigenvalue weighted by Crippen LogP contribution is -2.49. The summed E-state index contributed by atoms with van der Waals surface area (Å²) >= 11 is 0. The van der Waals surface area contributed by atoms with Crippen LogP contribution < -0.4 is 5.32 Å². The standard InChI is InChI=1S/C14H29NO/c1-10(2)6-7-12-13(11(3)4)8-15-9-14(12)16-5/h10-15H,6-9H2,1-5H3. The van der Waals surface area contributed by atoms with Crippen molar-refractivity contribution in [1.29, 1.82) is 0 Å². The third-order valence-electron chi connectivity index (χ3n) is 3.99. The molecule has 1 N–H and O–H groups in total. The van der Waals surface area contributed by atoms with Crippen LogP contribution in [0.5, 0.6) is 0 Å². The third-order valence-corrected chi connectivity index (χ3v) is 3.99. The van der Waals surface area contributed by atoms with Gasteiger partial charge in [-0.05, 0) is 36.6 Å². The van der Waals surface area contributed by atoms with E-state index in [9.17, 15) is 0 Å². The summed E-state index contributed by atoms with van der Waals surface area (Å²) in [7, 11) is 1.86. The van der Waals surface area contributed by atoms with Gasteiger partial charge < -0.3 is 10.1 Å². The van der Waals surface area contributed by atoms with Gasteiger partial charge in [0.2, 0.25) is 0 Å². The molecule has 2 nitrogen and oxygen atoms in total. The molecule has 0 spiro atoms. The van der Waals surface area contributed by atoms with Gasteiger partial charge in [-0.15, -0.1) is 0 Å². The van der Waals surface area contributed by atoms with Crippen LogP contribution in [0.1, 0.15) is 40.5 Å². The number of hydrogen-bond acceptors (Lipinski definition) is 2. The Bertz CT molecular complexity index is 191. The summed E-state index contributed by atoms with van der Waals surface area (Å²) < 4.78 is 5.65. The Kier molecular flexibility index (Phi) is 5.77. The first-order valence-electron chi connectivity index (χ1n) is 6.79. The summed E-state index contributed by atoms with van der Waals surface area (Å²) in [5, 5.41) is 3.51. The molecule has 1 saturated heterocycles. The second-order valence-electron chi connectivity index (χ2n) is 5.98. The molecule has 1 fully saturated rings. The average Bonchev–Trinajstić information content (AvgIpc) is 2.25. The fourth-order valence-electron chi connectivity index (χ4n) is 2.88. The molecule has 0 radical (unpaired) electrons. The van der Waals surface area contributed by atoms with E-state index in [4.69, 9.17) is 4.74 Å². The average molecular weight is 227 g/mol. The fraction of sp³-hybridized carbons (Fsp3) is 1.00. The largest absolute Gasteiger partial charge is 0.380 e. The van der Waals surface area contributed by atoms with Crippen LogP contribution >= 0.6 is 0 Å². The van der Waals surface area contributed by atoms with Crippen molar-refractivity contribution < 1.29 is 4.74 Å². The van der Waals surface area contributed by atoms with E-state index in [1.807, 2.05) is 7.11 Å². The van der Waals surface area contributed by atoms with E-state index in [0.29, 0.717) is 6.10 Å². The third kappa shape index (κ3) is 3.74. The van der Waals surface area contributed by atoms with Gasteiger partial charge >= 0.3 is 0 Å². The highest BCUT2D eigenvalue weighted by Crippen LogP contribution is 2.32. The van der Waals surface area contributed by atoms with Crippen molar-refractivity contribution in [2.24, 2.45) is 23.7 Å². The molecular weight excluding hydrogens is 198 g/mol. The minimum atomic E-state index is 0.417. The zero-order valence-electron chi connectivity index (χ0n) is 11.6. The van der Waals surface area contributed by atoms with Gasteiger partial charge in [0.05, 0.1) is 6.10 Å². The number of rotatable bonds is 5. The van der Waals surface area contributed by atoms with Gasteiger partial charge in [0.15, 0.2) is 0 Å². The summed E-state index contributed by atoms with van der Waals surface area (Å²) in [6, 6.07) is 0. The van der Waals surface area contributed by atoms with Gasteiger partial charge in [-0.2, -0.15) is 0 Å². The van der Waals surface area contributed by atoms with Crippen LogP contribution in [0.4, 0.5) is 0 Å². The zero-order valence-corrected chi connectivity index (χ0v) is 11.6. The number of piperidine rings is 1. The lowest BCUT2D eigenvalue weighted by molar-refractivity contribution is -0.0111. The molecule has 0 aromatic heterocycles. The number of ether oxygens (including phenoxy) is 1. The Balaban J connectivity index is 2.59. The van der Waals surface area contributed by atoms with Crippen molar-refractivity contribution in [3.63, 3.8) is 0 Å². The summed E-state index contributed by atoms with van der Waals surface area (Å²) in [5.74, 6) is 3.08. The molecule has 0 aromatic carbocycles. The molecule has 0 saturated carbocycles. The van der Waals surface area contributed by atoms with E-state index in [-0.39, 0.29) is 0 Å². The van der Waals surface area contributed by atoms with Gasteiger partial charge in [-0.3, -0.25) is 0 Å². The predicted octanol–water partition coefficient (Wildman–Crippen LogP) is 2.93. The Hall–Kier alpha value is -0.0800. The molecule has 3 atom stereocenters. The van der Waals surface area contributed by atoms with Crippen LogP contribution in [-0.2, 0) is 4.74 Å². The molecule has 16 heavy (non-hydrogen) atoms. The van der Waals surface area contributed by atoms with Crippen LogP contribution in [0.15, 0.2) is 0 Å². The Morgan fingerprint density at radius 2 is 1.88 bits per heavy atom. The number of hydrogen-bond donors (Lipinski definition) is 1. The maximum Gasteiger partial charge on any atom is 0.0726 e. The highest BCUT2D eigenvalue weighted by atomic mass is 16.5. The predicted molar refractivity (Wildman–Crippen MR) is 69.6 cm³/mol. The van der Waals surface area contributed by atoms with Gasteiger partial charge in [-0.25, -0.2) is 0 Å².